The zero-order valence-corrected chi connectivity index (χ0v) is 7.07. The van der Waals surface area contributed by atoms with Crippen molar-refractivity contribution in [3.8, 4) is 17.2 Å². The first-order valence-corrected chi connectivity index (χ1v) is 3.82. The Kier molecular flexibility index (Phi) is 1.81. The Balaban J connectivity index is 2.42. The number of benzene rings is 1. The first kappa shape index (κ1) is 7.91. The Morgan fingerprint density at radius 2 is 2.08 bits per heavy atom. The summed E-state index contributed by atoms with van der Waals surface area (Å²) >= 11 is 0. The van der Waals surface area contributed by atoms with Crippen LogP contribution in [0.4, 0.5) is 0 Å². The summed E-state index contributed by atoms with van der Waals surface area (Å²) in [7, 11) is 0. The normalized spacial score (nSPS) is 12.7. The predicted octanol–water partition coefficient (Wildman–Crippen LogP) is 1.26. The molecule has 13 heavy (non-hydrogen) atoms. The molecule has 0 spiro atoms. The maximum absolute atomic E-state index is 10.1. The van der Waals surface area contributed by atoms with Crippen LogP contribution >= 0.6 is 0 Å². The molecule has 68 valence electrons. The average Bonchev–Trinajstić information content (AvgIpc) is 2.52. The summed E-state index contributed by atoms with van der Waals surface area (Å²) in [6.07, 6.45) is 0. The molecule has 1 aliphatic heterocycles. The minimum atomic E-state index is 0.222. The molecule has 0 fully saturated rings. The number of rotatable bonds is 2. The highest BCUT2D eigenvalue weighted by Crippen LogP contribution is 2.37. The Labute approximate surface area is 75.0 Å². The highest BCUT2D eigenvalue weighted by molar-refractivity contribution is 5.55. The number of hydrogen-bond donors (Lipinski definition) is 0. The van der Waals surface area contributed by atoms with Gasteiger partial charge in [-0.05, 0) is 18.6 Å². The molecule has 1 aliphatic rings. The van der Waals surface area contributed by atoms with Gasteiger partial charge in [0.15, 0.2) is 11.5 Å². The van der Waals surface area contributed by atoms with Gasteiger partial charge in [-0.1, -0.05) is 0 Å². The van der Waals surface area contributed by atoms with Gasteiger partial charge in [-0.25, -0.2) is 0 Å². The van der Waals surface area contributed by atoms with E-state index in [0.29, 0.717) is 23.7 Å². The number of aryl methyl sites for hydroxylation is 1. The summed E-state index contributed by atoms with van der Waals surface area (Å²) in [4.78, 5) is 10.1. The van der Waals surface area contributed by atoms with Gasteiger partial charge in [-0.2, -0.15) is 0 Å². The van der Waals surface area contributed by atoms with Crippen LogP contribution in [0.3, 0.4) is 0 Å². The maximum Gasteiger partial charge on any atom is 0.298 e. The van der Waals surface area contributed by atoms with Crippen molar-refractivity contribution in [1.82, 2.24) is 0 Å². The lowest BCUT2D eigenvalue weighted by Crippen LogP contribution is -1.93. The van der Waals surface area contributed by atoms with Crippen molar-refractivity contribution in [2.45, 2.75) is 6.92 Å². The minimum absolute atomic E-state index is 0.222. The third-order valence-corrected chi connectivity index (χ3v) is 1.85. The van der Waals surface area contributed by atoms with Gasteiger partial charge in [-0.15, -0.1) is 0 Å². The SMILES string of the molecule is Cc1cc2c(cc1OC=O)OCO2. The summed E-state index contributed by atoms with van der Waals surface area (Å²) in [5.74, 6) is 1.80. The van der Waals surface area contributed by atoms with Crippen molar-refractivity contribution in [2.24, 2.45) is 0 Å². The summed E-state index contributed by atoms with van der Waals surface area (Å²) in [5, 5.41) is 0. The molecular formula is C9H8O4. The van der Waals surface area contributed by atoms with E-state index >= 15 is 0 Å². The Morgan fingerprint density at radius 1 is 1.38 bits per heavy atom. The van der Waals surface area contributed by atoms with Gasteiger partial charge >= 0.3 is 0 Å². The molecule has 4 nitrogen and oxygen atoms in total. The van der Waals surface area contributed by atoms with Crippen molar-refractivity contribution in [3.63, 3.8) is 0 Å². The fourth-order valence-corrected chi connectivity index (χ4v) is 1.20. The molecule has 0 N–H and O–H groups in total. The zero-order chi connectivity index (χ0) is 9.26. The molecule has 1 heterocycles. The van der Waals surface area contributed by atoms with Gasteiger partial charge in [0.25, 0.3) is 6.47 Å². The molecular weight excluding hydrogens is 172 g/mol. The van der Waals surface area contributed by atoms with Crippen molar-refractivity contribution in [2.75, 3.05) is 6.79 Å². The van der Waals surface area contributed by atoms with Crippen LogP contribution < -0.4 is 14.2 Å². The highest BCUT2D eigenvalue weighted by Gasteiger charge is 2.15. The standard InChI is InChI=1S/C9H8O4/c1-6-2-8-9(13-5-12-8)3-7(6)11-4-10/h2-4H,5H2,1H3. The molecule has 1 aromatic carbocycles. The lowest BCUT2D eigenvalue weighted by atomic mass is 10.2. The molecule has 0 atom stereocenters. The molecule has 2 rings (SSSR count). The fraction of sp³-hybridized carbons (Fsp3) is 0.222. The third kappa shape index (κ3) is 1.30. The van der Waals surface area contributed by atoms with Crippen molar-refractivity contribution in [1.29, 1.82) is 0 Å². The van der Waals surface area contributed by atoms with Crippen LogP contribution in [0.5, 0.6) is 17.2 Å². The second-order valence-electron chi connectivity index (χ2n) is 2.69. The minimum Gasteiger partial charge on any atom is -0.454 e. The summed E-state index contributed by atoms with van der Waals surface area (Å²) in [6.45, 7) is 2.45. The van der Waals surface area contributed by atoms with E-state index in [9.17, 15) is 4.79 Å². The molecule has 0 amide bonds. The largest absolute Gasteiger partial charge is 0.454 e. The number of carbonyl (C=O) groups is 1. The average molecular weight is 180 g/mol. The van der Waals surface area contributed by atoms with E-state index in [0.717, 1.165) is 5.56 Å². The summed E-state index contributed by atoms with van der Waals surface area (Å²) in [5.41, 5.74) is 0.844. The molecule has 4 heteroatoms. The van der Waals surface area contributed by atoms with E-state index in [-0.39, 0.29) is 6.79 Å². The molecule has 0 radical (unpaired) electrons. The lowest BCUT2D eigenvalue weighted by Gasteiger charge is -2.03. The van der Waals surface area contributed by atoms with Gasteiger partial charge in [-0.3, -0.25) is 4.79 Å². The van der Waals surface area contributed by atoms with Crippen LogP contribution in [0.1, 0.15) is 5.56 Å². The monoisotopic (exact) mass is 180 g/mol. The van der Waals surface area contributed by atoms with Crippen molar-refractivity contribution >= 4 is 6.47 Å². The van der Waals surface area contributed by atoms with Crippen LogP contribution in [0.2, 0.25) is 0 Å². The molecule has 0 saturated heterocycles. The van der Waals surface area contributed by atoms with E-state index in [4.69, 9.17) is 14.2 Å². The first-order valence-electron chi connectivity index (χ1n) is 3.82. The Hall–Kier alpha value is -1.71. The molecule has 1 aromatic rings. The van der Waals surface area contributed by atoms with E-state index in [1.165, 1.54) is 0 Å². The van der Waals surface area contributed by atoms with E-state index in [1.54, 1.807) is 12.1 Å². The molecule has 0 aliphatic carbocycles. The van der Waals surface area contributed by atoms with Crippen LogP contribution in [0, 0.1) is 6.92 Å². The molecule has 0 unspecified atom stereocenters. The first-order chi connectivity index (χ1) is 6.31. The van der Waals surface area contributed by atoms with Crippen molar-refractivity contribution < 1.29 is 19.0 Å². The number of ether oxygens (including phenoxy) is 3. The van der Waals surface area contributed by atoms with E-state index in [2.05, 4.69) is 0 Å². The zero-order valence-electron chi connectivity index (χ0n) is 7.07. The number of fused-ring (bicyclic) bond motifs is 1. The molecule has 0 saturated carbocycles. The Bertz CT molecular complexity index is 346. The van der Waals surface area contributed by atoms with Crippen LogP contribution in [-0.4, -0.2) is 13.3 Å². The molecule has 0 bridgehead atoms. The second-order valence-corrected chi connectivity index (χ2v) is 2.69. The van der Waals surface area contributed by atoms with Crippen molar-refractivity contribution in [3.05, 3.63) is 17.7 Å². The topological polar surface area (TPSA) is 44.8 Å². The third-order valence-electron chi connectivity index (χ3n) is 1.85. The maximum atomic E-state index is 10.1. The quantitative estimate of drug-likeness (QED) is 0.642. The predicted molar refractivity (Wildman–Crippen MR) is 44.0 cm³/mol. The number of hydrogen-bond acceptors (Lipinski definition) is 4. The number of carbonyl (C=O) groups excluding carboxylic acids is 1. The van der Waals surface area contributed by atoms with E-state index < -0.39 is 0 Å². The summed E-state index contributed by atoms with van der Waals surface area (Å²) in [6, 6.07) is 3.42. The van der Waals surface area contributed by atoms with Crippen LogP contribution in [-0.2, 0) is 4.79 Å². The van der Waals surface area contributed by atoms with Gasteiger partial charge in [0, 0.05) is 6.07 Å². The van der Waals surface area contributed by atoms with Gasteiger partial charge in [0.2, 0.25) is 6.79 Å². The van der Waals surface area contributed by atoms with Gasteiger partial charge < -0.3 is 14.2 Å². The highest BCUT2D eigenvalue weighted by atomic mass is 16.7. The lowest BCUT2D eigenvalue weighted by molar-refractivity contribution is -0.120. The van der Waals surface area contributed by atoms with Crippen LogP contribution in [0.25, 0.3) is 0 Å². The Morgan fingerprint density at radius 3 is 2.77 bits per heavy atom. The molecule has 0 aromatic heterocycles. The summed E-state index contributed by atoms with van der Waals surface area (Å²) < 4.78 is 15.0. The van der Waals surface area contributed by atoms with E-state index in [1.807, 2.05) is 6.92 Å². The second kappa shape index (κ2) is 2.97. The smallest absolute Gasteiger partial charge is 0.298 e. The fourth-order valence-electron chi connectivity index (χ4n) is 1.20. The van der Waals surface area contributed by atoms with Gasteiger partial charge in [0.05, 0.1) is 0 Å². The van der Waals surface area contributed by atoms with Crippen LogP contribution in [0.15, 0.2) is 12.1 Å². The van der Waals surface area contributed by atoms with Gasteiger partial charge in [0.1, 0.15) is 5.75 Å².